The maximum Gasteiger partial charge on any atom is 0.253 e. The van der Waals surface area contributed by atoms with Gasteiger partial charge in [0.15, 0.2) is 5.13 Å². The van der Waals surface area contributed by atoms with Gasteiger partial charge >= 0.3 is 0 Å². The van der Waals surface area contributed by atoms with E-state index < -0.39 is 0 Å². The van der Waals surface area contributed by atoms with E-state index in [2.05, 4.69) is 15.2 Å². The molecule has 1 aliphatic rings. The highest BCUT2D eigenvalue weighted by atomic mass is 32.1. The molecule has 1 aliphatic heterocycles. The number of hydrogen-bond donors (Lipinski definition) is 1. The van der Waals surface area contributed by atoms with E-state index in [0.29, 0.717) is 5.56 Å². The van der Waals surface area contributed by atoms with E-state index in [1.54, 1.807) is 43.0 Å². The Morgan fingerprint density at radius 2 is 2.31 bits per heavy atom. The maximum absolute atomic E-state index is 12.4. The van der Waals surface area contributed by atoms with Gasteiger partial charge in [-0.25, -0.2) is 4.98 Å². The fourth-order valence-corrected chi connectivity index (χ4v) is 4.17. The number of rotatable bonds is 4. The number of carbonyl (C=O) groups is 1. The van der Waals surface area contributed by atoms with E-state index in [9.17, 15) is 4.79 Å². The molecule has 3 heterocycles. The zero-order chi connectivity index (χ0) is 17.9. The minimum absolute atomic E-state index is 0.0704. The molecule has 2 aromatic heterocycles. The van der Waals surface area contributed by atoms with Crippen LogP contribution in [0.1, 0.15) is 23.2 Å². The summed E-state index contributed by atoms with van der Waals surface area (Å²) in [4.78, 5) is 23.4. The summed E-state index contributed by atoms with van der Waals surface area (Å²) < 4.78 is 6.42. The lowest BCUT2D eigenvalue weighted by atomic mass is 10.1. The first kappa shape index (κ1) is 16.8. The lowest BCUT2D eigenvalue weighted by Gasteiger charge is -2.32. The second kappa shape index (κ2) is 7.29. The minimum atomic E-state index is -0.0704. The number of pyridine rings is 1. The van der Waals surface area contributed by atoms with Gasteiger partial charge in [-0.05, 0) is 37.1 Å². The first-order valence-corrected chi connectivity index (χ1v) is 9.45. The minimum Gasteiger partial charge on any atom is -0.497 e. The second-order valence-electron chi connectivity index (χ2n) is 6.33. The molecule has 4 rings (SSSR count). The molecular weight excluding hydrogens is 348 g/mol. The second-order valence-corrected chi connectivity index (χ2v) is 7.34. The number of carbonyl (C=O) groups excluding carboxylic acids is 1. The van der Waals surface area contributed by atoms with E-state index in [0.717, 1.165) is 47.0 Å². The molecule has 7 heteroatoms. The van der Waals surface area contributed by atoms with Crippen molar-refractivity contribution in [1.29, 1.82) is 0 Å². The molecule has 0 bridgehead atoms. The molecule has 1 N–H and O–H groups in total. The number of hydrogen-bond acceptors (Lipinski definition) is 6. The summed E-state index contributed by atoms with van der Waals surface area (Å²) in [5, 5.41) is 4.12. The van der Waals surface area contributed by atoms with Crippen LogP contribution < -0.4 is 15.0 Å². The van der Waals surface area contributed by atoms with Crippen LogP contribution in [-0.2, 0) is 0 Å². The average molecular weight is 368 g/mol. The molecule has 0 aliphatic carbocycles. The monoisotopic (exact) mass is 368 g/mol. The molecule has 26 heavy (non-hydrogen) atoms. The number of amides is 1. The van der Waals surface area contributed by atoms with Gasteiger partial charge < -0.3 is 15.0 Å². The third-order valence-corrected chi connectivity index (χ3v) is 5.63. The Kier molecular flexibility index (Phi) is 4.71. The molecule has 1 unspecified atom stereocenters. The Balaban J connectivity index is 1.47. The number of fused-ring (bicyclic) bond motifs is 1. The molecule has 1 fully saturated rings. The molecule has 1 saturated heterocycles. The zero-order valence-corrected chi connectivity index (χ0v) is 15.3. The van der Waals surface area contributed by atoms with E-state index in [1.165, 1.54) is 0 Å². The highest BCUT2D eigenvalue weighted by Gasteiger charge is 2.24. The van der Waals surface area contributed by atoms with Gasteiger partial charge in [-0.2, -0.15) is 0 Å². The third-order valence-electron chi connectivity index (χ3n) is 4.53. The SMILES string of the molecule is COc1ccc2sc(N3CCCC(NC(=O)c4cccnc4)C3)nc2c1. The van der Waals surface area contributed by atoms with Crippen molar-refractivity contribution < 1.29 is 9.53 Å². The highest BCUT2D eigenvalue weighted by Crippen LogP contribution is 2.32. The number of nitrogens with zero attached hydrogens (tertiary/aromatic N) is 3. The van der Waals surface area contributed by atoms with E-state index in [-0.39, 0.29) is 11.9 Å². The molecule has 134 valence electrons. The van der Waals surface area contributed by atoms with Gasteiger partial charge in [0.25, 0.3) is 5.91 Å². The number of anilines is 1. The number of piperidine rings is 1. The fourth-order valence-electron chi connectivity index (χ4n) is 3.19. The number of methoxy groups -OCH3 is 1. The Bertz CT molecular complexity index is 912. The van der Waals surface area contributed by atoms with Crippen LogP contribution in [0, 0.1) is 0 Å². The average Bonchev–Trinajstić information content (AvgIpc) is 3.12. The Hall–Kier alpha value is -2.67. The zero-order valence-electron chi connectivity index (χ0n) is 14.5. The molecule has 3 aromatic rings. The van der Waals surface area contributed by atoms with Crippen molar-refractivity contribution >= 4 is 32.6 Å². The smallest absolute Gasteiger partial charge is 0.253 e. The Morgan fingerprint density at radius 3 is 3.12 bits per heavy atom. The lowest BCUT2D eigenvalue weighted by Crippen LogP contribution is -2.47. The predicted octanol–water partition coefficient (Wildman–Crippen LogP) is 3.10. The highest BCUT2D eigenvalue weighted by molar-refractivity contribution is 7.22. The van der Waals surface area contributed by atoms with Crippen molar-refractivity contribution in [1.82, 2.24) is 15.3 Å². The van der Waals surface area contributed by atoms with E-state index >= 15 is 0 Å². The van der Waals surface area contributed by atoms with Gasteiger partial charge in [0, 0.05) is 37.6 Å². The Morgan fingerprint density at radius 1 is 1.38 bits per heavy atom. The summed E-state index contributed by atoms with van der Waals surface area (Å²) in [5.74, 6) is 0.744. The van der Waals surface area contributed by atoms with Crippen LogP contribution in [0.25, 0.3) is 10.2 Å². The topological polar surface area (TPSA) is 67.3 Å². The van der Waals surface area contributed by atoms with Crippen molar-refractivity contribution in [2.75, 3.05) is 25.1 Å². The Labute approximate surface area is 155 Å². The first-order valence-electron chi connectivity index (χ1n) is 8.63. The molecule has 1 atom stereocenters. The summed E-state index contributed by atoms with van der Waals surface area (Å²) in [6.45, 7) is 1.72. The van der Waals surface area contributed by atoms with Crippen LogP contribution >= 0.6 is 11.3 Å². The van der Waals surface area contributed by atoms with Crippen molar-refractivity contribution in [3.8, 4) is 5.75 Å². The summed E-state index contributed by atoms with van der Waals surface area (Å²) in [6, 6.07) is 9.62. The quantitative estimate of drug-likeness (QED) is 0.766. The van der Waals surface area contributed by atoms with Gasteiger partial charge in [0.05, 0.1) is 22.9 Å². The van der Waals surface area contributed by atoms with Gasteiger partial charge in [-0.3, -0.25) is 9.78 Å². The van der Waals surface area contributed by atoms with Gasteiger partial charge in [-0.15, -0.1) is 0 Å². The number of benzene rings is 1. The number of aromatic nitrogens is 2. The number of thiazole rings is 1. The molecule has 6 nitrogen and oxygen atoms in total. The first-order chi connectivity index (χ1) is 12.7. The standard InChI is InChI=1S/C19H20N4O2S/c1-25-15-6-7-17-16(10-15)22-19(26-17)23-9-3-5-14(12-23)21-18(24)13-4-2-8-20-11-13/h2,4,6-8,10-11,14H,3,5,9,12H2,1H3,(H,21,24). The molecule has 1 amide bonds. The molecule has 0 saturated carbocycles. The molecule has 0 spiro atoms. The number of ether oxygens (including phenoxy) is 1. The van der Waals surface area contributed by atoms with Crippen LogP contribution in [0.2, 0.25) is 0 Å². The normalized spacial score (nSPS) is 17.3. The fraction of sp³-hybridized carbons (Fsp3) is 0.316. The maximum atomic E-state index is 12.4. The van der Waals surface area contributed by atoms with Crippen LogP contribution in [0.4, 0.5) is 5.13 Å². The van der Waals surface area contributed by atoms with Crippen LogP contribution in [0.15, 0.2) is 42.7 Å². The molecule has 0 radical (unpaired) electrons. The lowest BCUT2D eigenvalue weighted by molar-refractivity contribution is 0.0933. The number of nitrogens with one attached hydrogen (secondary N) is 1. The largest absolute Gasteiger partial charge is 0.497 e. The summed E-state index contributed by atoms with van der Waals surface area (Å²) >= 11 is 1.68. The summed E-state index contributed by atoms with van der Waals surface area (Å²) in [5.41, 5.74) is 1.54. The molecular formula is C19H20N4O2S. The molecule has 1 aromatic carbocycles. The summed E-state index contributed by atoms with van der Waals surface area (Å²) in [7, 11) is 1.66. The predicted molar refractivity (Wildman–Crippen MR) is 103 cm³/mol. The summed E-state index contributed by atoms with van der Waals surface area (Å²) in [6.07, 6.45) is 5.26. The van der Waals surface area contributed by atoms with Crippen LogP contribution in [-0.4, -0.2) is 42.1 Å². The van der Waals surface area contributed by atoms with Crippen molar-refractivity contribution in [3.63, 3.8) is 0 Å². The van der Waals surface area contributed by atoms with Crippen LogP contribution in [0.3, 0.4) is 0 Å². The third kappa shape index (κ3) is 3.48. The van der Waals surface area contributed by atoms with Crippen molar-refractivity contribution in [2.24, 2.45) is 0 Å². The van der Waals surface area contributed by atoms with Crippen LogP contribution in [0.5, 0.6) is 5.75 Å². The van der Waals surface area contributed by atoms with Gasteiger partial charge in [0.1, 0.15) is 5.75 Å². The van der Waals surface area contributed by atoms with Gasteiger partial charge in [0.2, 0.25) is 0 Å². The van der Waals surface area contributed by atoms with Crippen molar-refractivity contribution in [2.45, 2.75) is 18.9 Å². The van der Waals surface area contributed by atoms with Gasteiger partial charge in [-0.1, -0.05) is 11.3 Å². The van der Waals surface area contributed by atoms with E-state index in [4.69, 9.17) is 9.72 Å². The van der Waals surface area contributed by atoms with Crippen molar-refractivity contribution in [3.05, 3.63) is 48.3 Å². The van der Waals surface area contributed by atoms with E-state index in [1.807, 2.05) is 18.2 Å².